The van der Waals surface area contributed by atoms with E-state index in [1.165, 1.54) is 6.21 Å². The number of halogens is 1. The third-order valence-corrected chi connectivity index (χ3v) is 4.87. The standard InChI is InChI=1S/C24H22BrN3O4/c1-2-11-31-22-10-7-17(12-21(22)25)14-27-28-23(29)15-26-24(30)16-32-20-9-8-18-5-3-4-6-19(18)13-20/h2-10,12-14H,1,11,15-16H2,(H,26,30)(H,28,29)/b27-14-. The van der Waals surface area contributed by atoms with Crippen LogP contribution in [0.1, 0.15) is 5.56 Å². The van der Waals surface area contributed by atoms with Crippen molar-refractivity contribution in [2.45, 2.75) is 0 Å². The summed E-state index contributed by atoms with van der Waals surface area (Å²) in [4.78, 5) is 23.8. The zero-order chi connectivity index (χ0) is 22.8. The highest BCUT2D eigenvalue weighted by Gasteiger charge is 2.07. The first kappa shape index (κ1) is 23.0. The average molecular weight is 496 g/mol. The summed E-state index contributed by atoms with van der Waals surface area (Å²) >= 11 is 3.41. The van der Waals surface area contributed by atoms with Crippen molar-refractivity contribution in [3.8, 4) is 11.5 Å². The van der Waals surface area contributed by atoms with Gasteiger partial charge in [0.2, 0.25) is 0 Å². The topological polar surface area (TPSA) is 89.0 Å². The molecular formula is C24H22BrN3O4. The summed E-state index contributed by atoms with van der Waals surface area (Å²) in [5.74, 6) is 0.404. The van der Waals surface area contributed by atoms with Crippen molar-refractivity contribution in [2.75, 3.05) is 19.8 Å². The maximum atomic E-state index is 11.9. The molecule has 0 aromatic heterocycles. The lowest BCUT2D eigenvalue weighted by Crippen LogP contribution is -2.37. The molecule has 32 heavy (non-hydrogen) atoms. The van der Waals surface area contributed by atoms with E-state index in [9.17, 15) is 9.59 Å². The molecule has 0 bridgehead atoms. The van der Waals surface area contributed by atoms with Gasteiger partial charge in [-0.15, -0.1) is 0 Å². The van der Waals surface area contributed by atoms with Crippen molar-refractivity contribution >= 4 is 44.7 Å². The van der Waals surface area contributed by atoms with Crippen LogP contribution in [-0.4, -0.2) is 37.8 Å². The van der Waals surface area contributed by atoms with Crippen molar-refractivity contribution in [3.63, 3.8) is 0 Å². The Bertz CT molecular complexity index is 1150. The van der Waals surface area contributed by atoms with Crippen LogP contribution >= 0.6 is 15.9 Å². The number of carbonyl (C=O) groups excluding carboxylic acids is 2. The van der Waals surface area contributed by atoms with Crippen molar-refractivity contribution in [1.82, 2.24) is 10.7 Å². The highest BCUT2D eigenvalue weighted by atomic mass is 79.9. The number of fused-ring (bicyclic) bond motifs is 1. The summed E-state index contributed by atoms with van der Waals surface area (Å²) in [5.41, 5.74) is 3.12. The first-order chi connectivity index (χ1) is 15.5. The minimum absolute atomic E-state index is 0.191. The Hall–Kier alpha value is -3.65. The highest BCUT2D eigenvalue weighted by Crippen LogP contribution is 2.25. The molecule has 8 heteroatoms. The van der Waals surface area contributed by atoms with Crippen molar-refractivity contribution in [2.24, 2.45) is 5.10 Å². The van der Waals surface area contributed by atoms with E-state index in [2.05, 4.69) is 38.4 Å². The average Bonchev–Trinajstić information content (AvgIpc) is 2.80. The van der Waals surface area contributed by atoms with Crippen LogP contribution in [0.15, 0.2) is 82.9 Å². The maximum absolute atomic E-state index is 11.9. The summed E-state index contributed by atoms with van der Waals surface area (Å²) in [6, 6.07) is 18.8. The second kappa shape index (κ2) is 11.7. The van der Waals surface area contributed by atoms with Gasteiger partial charge in [0, 0.05) is 0 Å². The number of hydrazone groups is 1. The summed E-state index contributed by atoms with van der Waals surface area (Å²) in [6.45, 7) is 3.60. The molecule has 2 amide bonds. The molecule has 0 heterocycles. The van der Waals surface area contributed by atoms with Gasteiger partial charge in [0.25, 0.3) is 11.8 Å². The Morgan fingerprint density at radius 3 is 2.59 bits per heavy atom. The molecule has 3 aromatic carbocycles. The van der Waals surface area contributed by atoms with Gasteiger partial charge < -0.3 is 14.8 Å². The lowest BCUT2D eigenvalue weighted by atomic mass is 10.1. The molecular weight excluding hydrogens is 474 g/mol. The second-order valence-electron chi connectivity index (χ2n) is 6.66. The fraction of sp³-hybridized carbons (Fsp3) is 0.125. The van der Waals surface area contributed by atoms with E-state index in [4.69, 9.17) is 9.47 Å². The smallest absolute Gasteiger partial charge is 0.259 e. The lowest BCUT2D eigenvalue weighted by Gasteiger charge is -2.08. The van der Waals surface area contributed by atoms with Gasteiger partial charge in [-0.1, -0.05) is 43.0 Å². The number of benzene rings is 3. The van der Waals surface area contributed by atoms with Gasteiger partial charge in [-0.3, -0.25) is 9.59 Å². The third kappa shape index (κ3) is 6.95. The molecule has 0 aliphatic rings. The molecule has 2 N–H and O–H groups in total. The van der Waals surface area contributed by atoms with E-state index in [1.54, 1.807) is 30.3 Å². The Balaban J connectivity index is 1.39. The monoisotopic (exact) mass is 495 g/mol. The van der Waals surface area contributed by atoms with E-state index in [0.717, 1.165) is 20.8 Å². The number of nitrogens with one attached hydrogen (secondary N) is 2. The van der Waals surface area contributed by atoms with E-state index < -0.39 is 11.8 Å². The summed E-state index contributed by atoms with van der Waals surface area (Å²) in [6.07, 6.45) is 3.15. The van der Waals surface area contributed by atoms with Crippen molar-refractivity contribution in [1.29, 1.82) is 0 Å². The first-order valence-electron chi connectivity index (χ1n) is 9.78. The number of amides is 2. The van der Waals surface area contributed by atoms with Crippen molar-refractivity contribution < 1.29 is 19.1 Å². The molecule has 3 rings (SSSR count). The van der Waals surface area contributed by atoms with Gasteiger partial charge >= 0.3 is 0 Å². The Morgan fingerprint density at radius 2 is 1.81 bits per heavy atom. The molecule has 3 aromatic rings. The van der Waals surface area contributed by atoms with E-state index in [0.29, 0.717) is 18.1 Å². The van der Waals surface area contributed by atoms with Crippen molar-refractivity contribution in [3.05, 3.63) is 83.4 Å². The predicted octanol–water partition coefficient (Wildman–Crippen LogP) is 3.81. The molecule has 0 aliphatic heterocycles. The normalized spacial score (nSPS) is 10.7. The first-order valence-corrected chi connectivity index (χ1v) is 10.6. The van der Waals surface area contributed by atoms with Gasteiger partial charge in [-0.05, 0) is 62.6 Å². The molecule has 0 radical (unpaired) electrons. The molecule has 0 atom stereocenters. The fourth-order valence-corrected chi connectivity index (χ4v) is 3.23. The zero-order valence-corrected chi connectivity index (χ0v) is 18.8. The lowest BCUT2D eigenvalue weighted by molar-refractivity contribution is -0.127. The minimum Gasteiger partial charge on any atom is -0.488 e. The number of nitrogens with zero attached hydrogens (tertiary/aromatic N) is 1. The van der Waals surface area contributed by atoms with E-state index >= 15 is 0 Å². The molecule has 0 spiro atoms. The van der Waals surface area contributed by atoms with Crippen LogP contribution in [0.3, 0.4) is 0 Å². The third-order valence-electron chi connectivity index (χ3n) is 4.25. The molecule has 0 unspecified atom stereocenters. The molecule has 0 fully saturated rings. The van der Waals surface area contributed by atoms with Gasteiger partial charge in [-0.2, -0.15) is 5.10 Å². The maximum Gasteiger partial charge on any atom is 0.259 e. The van der Waals surface area contributed by atoms with Gasteiger partial charge in [0.05, 0.1) is 17.2 Å². The number of ether oxygens (including phenoxy) is 2. The van der Waals surface area contributed by atoms with E-state index in [-0.39, 0.29) is 13.2 Å². The van der Waals surface area contributed by atoms with Gasteiger partial charge in [-0.25, -0.2) is 5.43 Å². The summed E-state index contributed by atoms with van der Waals surface area (Å²) < 4.78 is 11.7. The number of rotatable bonds is 10. The Morgan fingerprint density at radius 1 is 1.00 bits per heavy atom. The van der Waals surface area contributed by atoms with Crippen LogP contribution in [0.5, 0.6) is 11.5 Å². The molecule has 0 aliphatic carbocycles. The molecule has 0 saturated heterocycles. The Kier molecular flexibility index (Phi) is 8.39. The molecule has 7 nitrogen and oxygen atoms in total. The molecule has 0 saturated carbocycles. The minimum atomic E-state index is -0.453. The van der Waals surface area contributed by atoms with Gasteiger partial charge in [0.1, 0.15) is 18.1 Å². The number of carbonyl (C=O) groups is 2. The van der Waals surface area contributed by atoms with Crippen LogP contribution in [0.2, 0.25) is 0 Å². The van der Waals surface area contributed by atoms with Crippen LogP contribution < -0.4 is 20.2 Å². The van der Waals surface area contributed by atoms with Crippen LogP contribution in [0, 0.1) is 0 Å². The fourth-order valence-electron chi connectivity index (χ4n) is 2.72. The number of hydrogen-bond donors (Lipinski definition) is 2. The SMILES string of the molecule is C=CCOc1ccc(/C=N\NC(=O)CNC(=O)COc2ccc3ccccc3c2)cc1Br. The quantitative estimate of drug-likeness (QED) is 0.254. The van der Waals surface area contributed by atoms with Crippen LogP contribution in [-0.2, 0) is 9.59 Å². The van der Waals surface area contributed by atoms with E-state index in [1.807, 2.05) is 36.4 Å². The van der Waals surface area contributed by atoms with Crippen LogP contribution in [0.25, 0.3) is 10.8 Å². The predicted molar refractivity (Wildman–Crippen MR) is 128 cm³/mol. The summed E-state index contributed by atoms with van der Waals surface area (Å²) in [5, 5.41) is 8.49. The van der Waals surface area contributed by atoms with Crippen LogP contribution in [0.4, 0.5) is 0 Å². The number of hydrogen-bond acceptors (Lipinski definition) is 5. The van der Waals surface area contributed by atoms with Gasteiger partial charge in [0.15, 0.2) is 6.61 Å². The highest BCUT2D eigenvalue weighted by molar-refractivity contribution is 9.10. The molecule has 164 valence electrons. The largest absolute Gasteiger partial charge is 0.488 e. The zero-order valence-electron chi connectivity index (χ0n) is 17.2. The second-order valence-corrected chi connectivity index (χ2v) is 7.51. The summed E-state index contributed by atoms with van der Waals surface area (Å²) in [7, 11) is 0. The Labute approximate surface area is 194 Å².